The van der Waals surface area contributed by atoms with Gasteiger partial charge >= 0.3 is 0 Å². The van der Waals surface area contributed by atoms with Crippen LogP contribution in [0.3, 0.4) is 0 Å². The molecule has 4 nitrogen and oxygen atoms in total. The molecule has 2 N–H and O–H groups in total. The molecule has 2 fully saturated rings. The summed E-state index contributed by atoms with van der Waals surface area (Å²) in [6.45, 7) is 2.15. The first-order valence-electron chi connectivity index (χ1n) is 6.28. The summed E-state index contributed by atoms with van der Waals surface area (Å²) in [6, 6.07) is 4.48. The van der Waals surface area contributed by atoms with E-state index in [1.54, 1.807) is 7.11 Å². The van der Waals surface area contributed by atoms with Crippen molar-refractivity contribution in [2.45, 2.75) is 18.9 Å². The number of methoxy groups -OCH3 is 1. The maximum atomic E-state index is 6.22. The van der Waals surface area contributed by atoms with Gasteiger partial charge in [-0.3, -0.25) is 0 Å². The summed E-state index contributed by atoms with van der Waals surface area (Å²) in [5, 5.41) is 0. The molecule has 2 unspecified atom stereocenters. The molecule has 1 aromatic rings. The lowest BCUT2D eigenvalue weighted by atomic mass is 9.93. The second kappa shape index (κ2) is 4.18. The third kappa shape index (κ3) is 1.86. The van der Waals surface area contributed by atoms with Crippen molar-refractivity contribution in [1.82, 2.24) is 4.98 Å². The molecule has 1 saturated carbocycles. The van der Waals surface area contributed by atoms with Crippen LogP contribution < -0.4 is 15.4 Å². The summed E-state index contributed by atoms with van der Waals surface area (Å²) in [7, 11) is 1.65. The summed E-state index contributed by atoms with van der Waals surface area (Å²) >= 11 is 0. The highest BCUT2D eigenvalue weighted by molar-refractivity contribution is 5.49. The van der Waals surface area contributed by atoms with Gasteiger partial charge in [-0.2, -0.15) is 0 Å². The molecule has 2 aliphatic rings. The number of fused-ring (bicyclic) bond motifs is 2. The molecule has 0 amide bonds. The Hall–Kier alpha value is -1.29. The molecule has 2 bridgehead atoms. The van der Waals surface area contributed by atoms with E-state index in [0.717, 1.165) is 13.1 Å². The van der Waals surface area contributed by atoms with Crippen molar-refractivity contribution >= 4 is 5.69 Å². The van der Waals surface area contributed by atoms with Crippen molar-refractivity contribution in [3.05, 3.63) is 18.3 Å². The SMILES string of the molecule is COc1cc(N2CC3CC[C@@H](C2)C3N)ccn1. The monoisotopic (exact) mass is 233 g/mol. The fourth-order valence-electron chi connectivity index (χ4n) is 3.18. The predicted molar refractivity (Wildman–Crippen MR) is 67.2 cm³/mol. The molecular formula is C13H19N3O. The average molecular weight is 233 g/mol. The topological polar surface area (TPSA) is 51.4 Å². The highest BCUT2D eigenvalue weighted by Crippen LogP contribution is 2.37. The molecular weight excluding hydrogens is 214 g/mol. The highest BCUT2D eigenvalue weighted by atomic mass is 16.5. The first-order chi connectivity index (χ1) is 8.28. The van der Waals surface area contributed by atoms with E-state index in [4.69, 9.17) is 10.5 Å². The average Bonchev–Trinajstić information content (AvgIpc) is 2.61. The van der Waals surface area contributed by atoms with Crippen LogP contribution in [0, 0.1) is 11.8 Å². The Bertz CT molecular complexity index is 395. The maximum Gasteiger partial charge on any atom is 0.214 e. The summed E-state index contributed by atoms with van der Waals surface area (Å²) in [6.07, 6.45) is 4.37. The molecule has 4 heteroatoms. The number of anilines is 1. The van der Waals surface area contributed by atoms with Gasteiger partial charge in [0, 0.05) is 37.1 Å². The second-order valence-corrected chi connectivity index (χ2v) is 5.14. The molecule has 3 rings (SSSR count). The van der Waals surface area contributed by atoms with Gasteiger partial charge in [0.05, 0.1) is 7.11 Å². The van der Waals surface area contributed by atoms with Crippen LogP contribution in [0.1, 0.15) is 12.8 Å². The number of nitrogens with two attached hydrogens (primary N) is 1. The summed E-state index contributed by atoms with van der Waals surface area (Å²) < 4.78 is 5.17. The van der Waals surface area contributed by atoms with E-state index in [9.17, 15) is 0 Å². The van der Waals surface area contributed by atoms with Crippen molar-refractivity contribution in [1.29, 1.82) is 0 Å². The number of nitrogens with zero attached hydrogens (tertiary/aromatic N) is 2. The first kappa shape index (κ1) is 10.8. The van der Waals surface area contributed by atoms with Crippen LogP contribution in [0.15, 0.2) is 18.3 Å². The molecule has 92 valence electrons. The van der Waals surface area contributed by atoms with Crippen LogP contribution in [0.25, 0.3) is 0 Å². The smallest absolute Gasteiger partial charge is 0.214 e. The van der Waals surface area contributed by atoms with Gasteiger partial charge in [0.25, 0.3) is 0 Å². The Morgan fingerprint density at radius 2 is 2.06 bits per heavy atom. The zero-order valence-electron chi connectivity index (χ0n) is 10.2. The van der Waals surface area contributed by atoms with Gasteiger partial charge in [-0.05, 0) is 30.7 Å². The van der Waals surface area contributed by atoms with Gasteiger partial charge < -0.3 is 15.4 Å². The van der Waals surface area contributed by atoms with Crippen molar-refractivity contribution in [3.8, 4) is 5.88 Å². The molecule has 3 atom stereocenters. The van der Waals surface area contributed by atoms with Gasteiger partial charge in [0.1, 0.15) is 0 Å². The van der Waals surface area contributed by atoms with Gasteiger partial charge in [-0.15, -0.1) is 0 Å². The first-order valence-corrected chi connectivity index (χ1v) is 6.28. The van der Waals surface area contributed by atoms with Crippen LogP contribution in [0.2, 0.25) is 0 Å². The molecule has 1 aliphatic heterocycles. The van der Waals surface area contributed by atoms with Crippen LogP contribution in [0.4, 0.5) is 5.69 Å². The second-order valence-electron chi connectivity index (χ2n) is 5.14. The van der Waals surface area contributed by atoms with E-state index in [1.165, 1.54) is 18.5 Å². The van der Waals surface area contributed by atoms with Crippen LogP contribution >= 0.6 is 0 Å². The van der Waals surface area contributed by atoms with E-state index >= 15 is 0 Å². The Balaban J connectivity index is 1.81. The molecule has 1 saturated heterocycles. The van der Waals surface area contributed by atoms with Gasteiger partial charge in [0.15, 0.2) is 0 Å². The van der Waals surface area contributed by atoms with Crippen LogP contribution in [-0.4, -0.2) is 31.2 Å². The van der Waals surface area contributed by atoms with E-state index in [-0.39, 0.29) is 0 Å². The Kier molecular flexibility index (Phi) is 2.67. The standard InChI is InChI=1S/C13H19N3O/c1-17-12-6-11(4-5-15-12)16-7-9-2-3-10(8-16)13(9)14/h4-6,9-10,13H,2-3,7-8,14H2,1H3/t9-,10?,13?/m0/s1. The van der Waals surface area contributed by atoms with Gasteiger partial charge in [-0.1, -0.05) is 0 Å². The van der Waals surface area contributed by atoms with E-state index in [2.05, 4.69) is 16.0 Å². The lowest BCUT2D eigenvalue weighted by Crippen LogP contribution is -2.48. The number of aromatic nitrogens is 1. The van der Waals surface area contributed by atoms with Crippen molar-refractivity contribution in [2.75, 3.05) is 25.1 Å². The largest absolute Gasteiger partial charge is 0.481 e. The zero-order valence-corrected chi connectivity index (χ0v) is 10.2. The van der Waals surface area contributed by atoms with Gasteiger partial charge in [0.2, 0.25) is 5.88 Å². The molecule has 1 aromatic heterocycles. The lowest BCUT2D eigenvalue weighted by Gasteiger charge is -2.37. The number of piperidine rings is 1. The summed E-state index contributed by atoms with van der Waals surface area (Å²) in [5.74, 6) is 2.01. The number of rotatable bonds is 2. The Morgan fingerprint density at radius 1 is 1.35 bits per heavy atom. The quantitative estimate of drug-likeness (QED) is 0.835. The number of hydrogen-bond donors (Lipinski definition) is 1. The summed E-state index contributed by atoms with van der Waals surface area (Å²) in [5.41, 5.74) is 7.43. The van der Waals surface area contributed by atoms with E-state index < -0.39 is 0 Å². The molecule has 1 aliphatic carbocycles. The molecule has 0 spiro atoms. The fraction of sp³-hybridized carbons (Fsp3) is 0.615. The third-order valence-electron chi connectivity index (χ3n) is 4.20. The highest BCUT2D eigenvalue weighted by Gasteiger charge is 2.39. The predicted octanol–water partition coefficient (Wildman–Crippen LogP) is 1.26. The molecule has 0 aromatic carbocycles. The van der Waals surface area contributed by atoms with Crippen molar-refractivity contribution < 1.29 is 4.74 Å². The Morgan fingerprint density at radius 3 is 2.71 bits per heavy atom. The molecule has 0 radical (unpaired) electrons. The fourth-order valence-corrected chi connectivity index (χ4v) is 3.18. The van der Waals surface area contributed by atoms with Crippen LogP contribution in [-0.2, 0) is 0 Å². The third-order valence-corrected chi connectivity index (χ3v) is 4.20. The Labute approximate surface area is 102 Å². The maximum absolute atomic E-state index is 6.22. The van der Waals surface area contributed by atoms with Crippen molar-refractivity contribution in [2.24, 2.45) is 17.6 Å². The van der Waals surface area contributed by atoms with E-state index in [1.807, 2.05) is 12.3 Å². The number of ether oxygens (including phenoxy) is 1. The minimum Gasteiger partial charge on any atom is -0.481 e. The molecule has 17 heavy (non-hydrogen) atoms. The van der Waals surface area contributed by atoms with Gasteiger partial charge in [-0.25, -0.2) is 4.98 Å². The normalized spacial score (nSPS) is 31.6. The zero-order chi connectivity index (χ0) is 11.8. The minimum absolute atomic E-state index is 0.412. The summed E-state index contributed by atoms with van der Waals surface area (Å²) in [4.78, 5) is 6.57. The van der Waals surface area contributed by atoms with Crippen molar-refractivity contribution in [3.63, 3.8) is 0 Å². The van der Waals surface area contributed by atoms with Crippen LogP contribution in [0.5, 0.6) is 5.88 Å². The van der Waals surface area contributed by atoms with E-state index in [0.29, 0.717) is 23.8 Å². The minimum atomic E-state index is 0.412. The molecule has 2 heterocycles. The number of hydrogen-bond acceptors (Lipinski definition) is 4. The lowest BCUT2D eigenvalue weighted by molar-refractivity contribution is 0.355. The number of pyridine rings is 1.